The second kappa shape index (κ2) is 6.65. The van der Waals surface area contributed by atoms with Gasteiger partial charge in [0.25, 0.3) is 0 Å². The van der Waals surface area contributed by atoms with Gasteiger partial charge in [0.2, 0.25) is 11.8 Å². The number of benzene rings is 1. The lowest BCUT2D eigenvalue weighted by Gasteiger charge is -2.13. The van der Waals surface area contributed by atoms with Crippen molar-refractivity contribution >= 4 is 65.3 Å². The van der Waals surface area contributed by atoms with E-state index in [0.717, 1.165) is 4.47 Å². The summed E-state index contributed by atoms with van der Waals surface area (Å²) in [5, 5.41) is 2.62. The highest BCUT2D eigenvalue weighted by Gasteiger charge is 2.18. The Hall–Kier alpha value is -0.440. The Bertz CT molecular complexity index is 470. The third-order valence-electron chi connectivity index (χ3n) is 2.01. The maximum Gasteiger partial charge on any atom is 0.241 e. The topological polar surface area (TPSA) is 98.2 Å². The minimum absolute atomic E-state index is 0.197. The van der Waals surface area contributed by atoms with Crippen molar-refractivity contribution < 1.29 is 9.59 Å². The molecule has 0 fully saturated rings. The first-order valence-electron chi connectivity index (χ1n) is 4.80. The van der Waals surface area contributed by atoms with Crippen LogP contribution in [0.15, 0.2) is 25.6 Å². The molecule has 0 aromatic heterocycles. The van der Waals surface area contributed by atoms with Crippen LogP contribution in [0, 0.1) is 0 Å². The van der Waals surface area contributed by atoms with Gasteiger partial charge >= 0.3 is 0 Å². The van der Waals surface area contributed by atoms with Crippen LogP contribution < -0.4 is 16.8 Å². The van der Waals surface area contributed by atoms with Crippen LogP contribution in [-0.2, 0) is 9.59 Å². The molecule has 5 nitrogen and oxygen atoms in total. The fraction of sp³-hybridized carbons (Fsp3) is 0.200. The predicted molar refractivity (Wildman–Crippen MR) is 80.0 cm³/mol. The molecule has 18 heavy (non-hydrogen) atoms. The minimum Gasteiger partial charge on any atom is -0.370 e. The SMILES string of the molecule is NC(=O)CC(N)C(=O)Nc1c(Br)cc(Br)cc1Br. The molecule has 98 valence electrons. The van der Waals surface area contributed by atoms with Crippen LogP contribution in [0.1, 0.15) is 6.42 Å². The fourth-order valence-corrected chi connectivity index (χ4v) is 3.64. The Balaban J connectivity index is 2.85. The van der Waals surface area contributed by atoms with Crippen LogP contribution in [0.3, 0.4) is 0 Å². The average molecular weight is 444 g/mol. The van der Waals surface area contributed by atoms with Crippen molar-refractivity contribution in [3.05, 3.63) is 25.6 Å². The van der Waals surface area contributed by atoms with Crippen molar-refractivity contribution in [2.75, 3.05) is 5.32 Å². The number of nitrogens with two attached hydrogens (primary N) is 2. The first-order valence-corrected chi connectivity index (χ1v) is 7.18. The number of amides is 2. The molecule has 5 N–H and O–H groups in total. The number of hydrogen-bond donors (Lipinski definition) is 3. The summed E-state index contributed by atoms with van der Waals surface area (Å²) in [5.41, 5.74) is 11.1. The second-order valence-electron chi connectivity index (χ2n) is 3.51. The van der Waals surface area contributed by atoms with Gasteiger partial charge in [-0.15, -0.1) is 0 Å². The summed E-state index contributed by atoms with van der Waals surface area (Å²) in [5.74, 6) is -1.09. The third-order valence-corrected chi connectivity index (χ3v) is 3.72. The molecule has 0 heterocycles. The number of nitrogens with one attached hydrogen (secondary N) is 1. The molecule has 1 atom stereocenters. The van der Waals surface area contributed by atoms with E-state index in [-0.39, 0.29) is 6.42 Å². The molecule has 1 aromatic carbocycles. The van der Waals surface area contributed by atoms with Gasteiger partial charge in [0.05, 0.1) is 18.2 Å². The molecule has 1 rings (SSSR count). The molecule has 1 aromatic rings. The molecule has 2 amide bonds. The highest BCUT2D eigenvalue weighted by Crippen LogP contribution is 2.34. The van der Waals surface area contributed by atoms with Gasteiger partial charge in [-0.2, -0.15) is 0 Å². The van der Waals surface area contributed by atoms with Crippen molar-refractivity contribution in [2.24, 2.45) is 11.5 Å². The van der Waals surface area contributed by atoms with Crippen LogP contribution >= 0.6 is 47.8 Å². The van der Waals surface area contributed by atoms with E-state index in [1.165, 1.54) is 0 Å². The Kier molecular flexibility index (Phi) is 5.77. The normalized spacial score (nSPS) is 12.0. The Morgan fingerprint density at radius 2 is 1.72 bits per heavy atom. The van der Waals surface area contributed by atoms with Gasteiger partial charge in [0.1, 0.15) is 0 Å². The molecule has 0 saturated heterocycles. The van der Waals surface area contributed by atoms with Gasteiger partial charge in [-0.25, -0.2) is 0 Å². The van der Waals surface area contributed by atoms with Gasteiger partial charge in [0.15, 0.2) is 0 Å². The molecule has 0 aliphatic carbocycles. The smallest absolute Gasteiger partial charge is 0.241 e. The molecule has 0 spiro atoms. The number of carbonyl (C=O) groups excluding carboxylic acids is 2. The van der Waals surface area contributed by atoms with Crippen LogP contribution in [0.4, 0.5) is 5.69 Å². The standard InChI is InChI=1S/C10H10Br3N3O2/c11-4-1-5(12)9(6(13)2-4)16-10(18)7(14)3-8(15)17/h1-2,7H,3,14H2,(H2,15,17)(H,16,18). The Labute approximate surface area is 129 Å². The molecule has 0 aliphatic rings. The molecule has 0 bridgehead atoms. The monoisotopic (exact) mass is 441 g/mol. The van der Waals surface area contributed by atoms with E-state index in [1.807, 2.05) is 0 Å². The zero-order valence-electron chi connectivity index (χ0n) is 9.04. The van der Waals surface area contributed by atoms with Gasteiger partial charge in [0, 0.05) is 13.4 Å². The van der Waals surface area contributed by atoms with Crippen LogP contribution in [-0.4, -0.2) is 17.9 Å². The summed E-state index contributed by atoms with van der Waals surface area (Å²) < 4.78 is 2.22. The highest BCUT2D eigenvalue weighted by molar-refractivity contribution is 9.11. The van der Waals surface area contributed by atoms with E-state index in [1.54, 1.807) is 12.1 Å². The molecule has 0 radical (unpaired) electrons. The number of carbonyl (C=O) groups is 2. The maximum absolute atomic E-state index is 11.7. The number of anilines is 1. The molecular formula is C10H10Br3N3O2. The summed E-state index contributed by atoms with van der Waals surface area (Å²) in [6.45, 7) is 0. The molecule has 8 heteroatoms. The summed E-state index contributed by atoms with van der Waals surface area (Å²) in [4.78, 5) is 22.4. The van der Waals surface area contributed by atoms with E-state index in [2.05, 4.69) is 53.1 Å². The lowest BCUT2D eigenvalue weighted by Crippen LogP contribution is -2.39. The van der Waals surface area contributed by atoms with Crippen molar-refractivity contribution in [3.8, 4) is 0 Å². The summed E-state index contributed by atoms with van der Waals surface area (Å²) in [6, 6.07) is 2.59. The van der Waals surface area contributed by atoms with Crippen LogP contribution in [0.2, 0.25) is 0 Å². The predicted octanol–water partition coefficient (Wildman–Crippen LogP) is 2.12. The maximum atomic E-state index is 11.7. The Morgan fingerprint density at radius 3 is 2.17 bits per heavy atom. The van der Waals surface area contributed by atoms with Crippen LogP contribution in [0.25, 0.3) is 0 Å². The van der Waals surface area contributed by atoms with E-state index in [9.17, 15) is 9.59 Å². The van der Waals surface area contributed by atoms with E-state index >= 15 is 0 Å². The quantitative estimate of drug-likeness (QED) is 0.664. The highest BCUT2D eigenvalue weighted by atomic mass is 79.9. The summed E-state index contributed by atoms with van der Waals surface area (Å²) in [6.07, 6.45) is -0.197. The minimum atomic E-state index is -0.968. The zero-order chi connectivity index (χ0) is 13.9. The number of primary amides is 1. The first-order chi connectivity index (χ1) is 8.31. The molecule has 1 unspecified atom stereocenters. The fourth-order valence-electron chi connectivity index (χ4n) is 1.19. The van der Waals surface area contributed by atoms with Crippen molar-refractivity contribution in [2.45, 2.75) is 12.5 Å². The molecular weight excluding hydrogens is 434 g/mol. The summed E-state index contributed by atoms with van der Waals surface area (Å²) in [7, 11) is 0. The van der Waals surface area contributed by atoms with Gasteiger partial charge in [-0.1, -0.05) is 15.9 Å². The largest absolute Gasteiger partial charge is 0.370 e. The van der Waals surface area contributed by atoms with Crippen molar-refractivity contribution in [3.63, 3.8) is 0 Å². The lowest BCUT2D eigenvalue weighted by molar-refractivity contribution is -0.123. The van der Waals surface area contributed by atoms with Gasteiger partial charge in [-0.3, -0.25) is 9.59 Å². The van der Waals surface area contributed by atoms with Gasteiger partial charge < -0.3 is 16.8 Å². The van der Waals surface area contributed by atoms with E-state index < -0.39 is 17.9 Å². The average Bonchev–Trinajstić information content (AvgIpc) is 2.21. The number of hydrogen-bond acceptors (Lipinski definition) is 3. The number of rotatable bonds is 4. The van der Waals surface area contributed by atoms with E-state index in [4.69, 9.17) is 11.5 Å². The Morgan fingerprint density at radius 1 is 1.22 bits per heavy atom. The van der Waals surface area contributed by atoms with E-state index in [0.29, 0.717) is 14.6 Å². The molecule has 0 saturated carbocycles. The summed E-state index contributed by atoms with van der Waals surface area (Å²) >= 11 is 9.95. The zero-order valence-corrected chi connectivity index (χ0v) is 13.8. The lowest BCUT2D eigenvalue weighted by atomic mass is 10.2. The van der Waals surface area contributed by atoms with Crippen molar-refractivity contribution in [1.82, 2.24) is 0 Å². The number of halogens is 3. The first kappa shape index (κ1) is 15.6. The van der Waals surface area contributed by atoms with Crippen LogP contribution in [0.5, 0.6) is 0 Å². The third kappa shape index (κ3) is 4.34. The molecule has 0 aliphatic heterocycles. The second-order valence-corrected chi connectivity index (χ2v) is 6.13. The van der Waals surface area contributed by atoms with Crippen molar-refractivity contribution in [1.29, 1.82) is 0 Å². The van der Waals surface area contributed by atoms with Gasteiger partial charge in [-0.05, 0) is 44.0 Å².